The molecule has 1 aromatic rings. The van der Waals surface area contributed by atoms with Gasteiger partial charge in [0.1, 0.15) is 0 Å². The number of hydrogen-bond acceptors (Lipinski definition) is 6. The largest absolute Gasteiger partial charge is 0.350 e. The second-order valence-electron chi connectivity index (χ2n) is 5.52. The molecular weight excluding hydrogens is 318 g/mol. The lowest BCUT2D eigenvalue weighted by molar-refractivity contribution is 0.0825. The zero-order valence-electron chi connectivity index (χ0n) is 13.8. The minimum absolute atomic E-state index is 0.0326. The molecule has 0 fully saturated rings. The third kappa shape index (κ3) is 3.00. The molecule has 9 nitrogen and oxygen atoms in total. The summed E-state index contributed by atoms with van der Waals surface area (Å²) >= 11 is 0. The first kappa shape index (κ1) is 18.9. The van der Waals surface area contributed by atoms with Gasteiger partial charge in [0, 0.05) is 17.1 Å². The van der Waals surface area contributed by atoms with Crippen LogP contribution < -0.4 is 17.1 Å². The summed E-state index contributed by atoms with van der Waals surface area (Å²) in [4.78, 5) is 73.3. The van der Waals surface area contributed by atoms with E-state index in [4.69, 9.17) is 0 Å². The predicted molar refractivity (Wildman–Crippen MR) is 85.6 cm³/mol. The Kier molecular flexibility index (Phi) is 5.18. The molecule has 24 heavy (non-hydrogen) atoms. The quantitative estimate of drug-likeness (QED) is 0.712. The molecule has 9 heteroatoms. The minimum Gasteiger partial charge on any atom is -0.274 e. The van der Waals surface area contributed by atoms with Crippen molar-refractivity contribution in [2.75, 3.05) is 0 Å². The van der Waals surface area contributed by atoms with E-state index in [-0.39, 0.29) is 24.8 Å². The van der Waals surface area contributed by atoms with Crippen molar-refractivity contribution in [3.63, 3.8) is 0 Å². The van der Waals surface area contributed by atoms with Crippen LogP contribution in [0.3, 0.4) is 0 Å². The molecule has 0 spiro atoms. The van der Waals surface area contributed by atoms with Crippen LogP contribution in [-0.4, -0.2) is 31.4 Å². The molecule has 0 aromatic carbocycles. The average molecular weight is 335 g/mol. The van der Waals surface area contributed by atoms with Crippen molar-refractivity contribution in [1.82, 2.24) is 13.7 Å². The lowest BCUT2D eigenvalue weighted by Gasteiger charge is -2.12. The fourth-order valence-corrected chi connectivity index (χ4v) is 1.72. The monoisotopic (exact) mass is 335 g/mol. The highest BCUT2D eigenvalue weighted by Crippen LogP contribution is 1.96. The van der Waals surface area contributed by atoms with E-state index in [0.717, 1.165) is 0 Å². The number of allylic oxidation sites excluding steroid dienone is 2. The van der Waals surface area contributed by atoms with Crippen molar-refractivity contribution in [1.29, 1.82) is 0 Å². The summed E-state index contributed by atoms with van der Waals surface area (Å²) in [5.74, 6) is -4.01. The normalized spacial score (nSPS) is 10.5. The van der Waals surface area contributed by atoms with Gasteiger partial charge in [-0.15, -0.1) is 0 Å². The molecule has 128 valence electrons. The summed E-state index contributed by atoms with van der Waals surface area (Å²) in [6.07, 6.45) is 0. The van der Waals surface area contributed by atoms with Gasteiger partial charge in [-0.2, -0.15) is 13.7 Å². The van der Waals surface area contributed by atoms with Crippen LogP contribution in [0.4, 0.5) is 0 Å². The Morgan fingerprint density at radius 3 is 1.29 bits per heavy atom. The Balaban J connectivity index is 4.16. The molecule has 0 saturated carbocycles. The average Bonchev–Trinajstić information content (AvgIpc) is 2.46. The van der Waals surface area contributed by atoms with Crippen LogP contribution in [0.5, 0.6) is 0 Å². The lowest BCUT2D eigenvalue weighted by atomic mass is 10.2. The second kappa shape index (κ2) is 6.57. The maximum Gasteiger partial charge on any atom is 0.350 e. The minimum atomic E-state index is -1.47. The molecule has 0 saturated heterocycles. The molecule has 0 aliphatic carbocycles. The van der Waals surface area contributed by atoms with Gasteiger partial charge >= 0.3 is 17.1 Å². The van der Waals surface area contributed by atoms with Gasteiger partial charge in [0.05, 0.1) is 0 Å². The fraction of sp³-hybridized carbons (Fsp3) is 0.333. The predicted octanol–water partition coefficient (Wildman–Crippen LogP) is -0.0995. The Bertz CT molecular complexity index is 891. The molecule has 0 N–H and O–H groups in total. The highest BCUT2D eigenvalue weighted by atomic mass is 16.2. The maximum absolute atomic E-state index is 12.3. The van der Waals surface area contributed by atoms with E-state index >= 15 is 0 Å². The third-order valence-electron chi connectivity index (χ3n) is 3.00. The molecule has 0 aliphatic heterocycles. The van der Waals surface area contributed by atoms with Crippen molar-refractivity contribution in [2.24, 2.45) is 5.92 Å². The summed E-state index contributed by atoms with van der Waals surface area (Å²) in [7, 11) is 0. The highest BCUT2D eigenvalue weighted by molar-refractivity contribution is 5.96. The molecule has 0 aliphatic rings. The lowest BCUT2D eigenvalue weighted by Crippen LogP contribution is -2.60. The van der Waals surface area contributed by atoms with Gasteiger partial charge in [-0.1, -0.05) is 27.0 Å². The molecule has 0 radical (unpaired) electrons. The van der Waals surface area contributed by atoms with Crippen molar-refractivity contribution in [3.8, 4) is 0 Å². The Labute approximate surface area is 136 Å². The van der Waals surface area contributed by atoms with E-state index in [1.165, 1.54) is 27.7 Å². The molecule has 0 bridgehead atoms. The zero-order valence-corrected chi connectivity index (χ0v) is 13.8. The maximum atomic E-state index is 12.3. The summed E-state index contributed by atoms with van der Waals surface area (Å²) < 4.78 is 0.156. The Hall–Kier alpha value is -3.10. The first-order valence-corrected chi connectivity index (χ1v) is 6.89. The van der Waals surface area contributed by atoms with Gasteiger partial charge in [-0.25, -0.2) is 14.4 Å². The SMILES string of the molecule is C=C(C)C(=O)n1c(=O)n(C(=O)C(=C)C)c(=O)n(C(=O)C(C)C)c1=O. The van der Waals surface area contributed by atoms with Crippen molar-refractivity contribution in [2.45, 2.75) is 27.7 Å². The van der Waals surface area contributed by atoms with E-state index in [1.54, 1.807) is 0 Å². The molecule has 0 amide bonds. The number of carbonyl (C=O) groups is 3. The van der Waals surface area contributed by atoms with E-state index in [9.17, 15) is 28.8 Å². The molecular formula is C15H17N3O6. The van der Waals surface area contributed by atoms with Gasteiger partial charge < -0.3 is 0 Å². The summed E-state index contributed by atoms with van der Waals surface area (Å²) in [6.45, 7) is 11.9. The van der Waals surface area contributed by atoms with Crippen LogP contribution in [0, 0.1) is 5.92 Å². The van der Waals surface area contributed by atoms with E-state index in [2.05, 4.69) is 13.2 Å². The third-order valence-corrected chi connectivity index (χ3v) is 3.00. The van der Waals surface area contributed by atoms with Crippen molar-refractivity contribution < 1.29 is 14.4 Å². The Morgan fingerprint density at radius 1 is 0.750 bits per heavy atom. The highest BCUT2D eigenvalue weighted by Gasteiger charge is 2.27. The van der Waals surface area contributed by atoms with Gasteiger partial charge in [-0.3, -0.25) is 14.4 Å². The van der Waals surface area contributed by atoms with Crippen LogP contribution >= 0.6 is 0 Å². The number of nitrogens with zero attached hydrogens (tertiary/aromatic N) is 3. The van der Waals surface area contributed by atoms with Crippen molar-refractivity contribution in [3.05, 3.63) is 55.8 Å². The smallest absolute Gasteiger partial charge is 0.274 e. The standard InChI is InChI=1S/C15H17N3O6/c1-7(2)10(19)16-13(22)17(11(20)8(3)4)15(24)18(14(16)23)12(21)9(5)6/h9H,1,3H2,2,4-6H3. The van der Waals surface area contributed by atoms with Crippen LogP contribution in [-0.2, 0) is 0 Å². The topological polar surface area (TPSA) is 117 Å². The van der Waals surface area contributed by atoms with Crippen LogP contribution in [0.2, 0.25) is 0 Å². The number of hydrogen-bond donors (Lipinski definition) is 0. The van der Waals surface area contributed by atoms with E-state index < -0.39 is 40.7 Å². The molecule has 1 heterocycles. The van der Waals surface area contributed by atoms with Crippen LogP contribution in [0.25, 0.3) is 0 Å². The first-order valence-electron chi connectivity index (χ1n) is 6.89. The molecule has 1 aromatic heterocycles. The second-order valence-corrected chi connectivity index (χ2v) is 5.52. The summed E-state index contributed by atoms with van der Waals surface area (Å²) in [6, 6.07) is 0. The van der Waals surface area contributed by atoms with E-state index in [1.807, 2.05) is 0 Å². The number of rotatable bonds is 3. The van der Waals surface area contributed by atoms with E-state index in [0.29, 0.717) is 0 Å². The van der Waals surface area contributed by atoms with Gasteiger partial charge in [0.15, 0.2) is 0 Å². The van der Waals surface area contributed by atoms with Gasteiger partial charge in [0.25, 0.3) is 11.8 Å². The first-order chi connectivity index (χ1) is 10.9. The summed E-state index contributed by atoms with van der Waals surface area (Å²) in [5, 5.41) is 0. The molecule has 0 atom stereocenters. The van der Waals surface area contributed by atoms with Crippen LogP contribution in [0.1, 0.15) is 42.1 Å². The van der Waals surface area contributed by atoms with Gasteiger partial charge in [-0.05, 0) is 13.8 Å². The van der Waals surface area contributed by atoms with Crippen LogP contribution in [0.15, 0.2) is 38.7 Å². The molecule has 0 unspecified atom stereocenters. The molecule has 1 rings (SSSR count). The number of aromatic nitrogens is 3. The summed E-state index contributed by atoms with van der Waals surface area (Å²) in [5.41, 5.74) is -4.74. The Morgan fingerprint density at radius 2 is 1.04 bits per heavy atom. The number of carbonyl (C=O) groups excluding carboxylic acids is 3. The van der Waals surface area contributed by atoms with Crippen molar-refractivity contribution >= 4 is 17.7 Å². The zero-order chi connectivity index (χ0) is 18.9. The fourth-order valence-electron chi connectivity index (χ4n) is 1.72. The van der Waals surface area contributed by atoms with Gasteiger partial charge in [0.2, 0.25) is 5.91 Å².